The Labute approximate surface area is 276 Å². The molecule has 2 aliphatic heterocycles. The number of nitrogens with one attached hydrogen (secondary N) is 1. The third-order valence-electron chi connectivity index (χ3n) is 6.92. The Hall–Kier alpha value is -3.87. The van der Waals surface area contributed by atoms with Crippen LogP contribution in [0.2, 0.25) is 0 Å². The Morgan fingerprint density at radius 1 is 0.750 bits per heavy atom. The Kier molecular flexibility index (Phi) is 11.0. The summed E-state index contributed by atoms with van der Waals surface area (Å²) in [7, 11) is 0. The molecule has 1 aliphatic carbocycles. The van der Waals surface area contributed by atoms with Crippen LogP contribution in [0.5, 0.6) is 0 Å². The van der Waals surface area contributed by atoms with Crippen LogP contribution in [0, 0.1) is 25.5 Å². The highest BCUT2D eigenvalue weighted by Crippen LogP contribution is 2.37. The van der Waals surface area contributed by atoms with Crippen molar-refractivity contribution in [1.29, 1.82) is 0 Å². The lowest BCUT2D eigenvalue weighted by Gasteiger charge is -2.18. The molecule has 0 unspecified atom stereocenters. The number of carbonyl (C=O) groups excluding carboxylic acids is 5. The van der Waals surface area contributed by atoms with Gasteiger partial charge in [-0.15, -0.1) is 23.5 Å². The van der Waals surface area contributed by atoms with Crippen molar-refractivity contribution in [2.75, 3.05) is 27.9 Å². The van der Waals surface area contributed by atoms with Gasteiger partial charge in [-0.3, -0.25) is 14.4 Å². The van der Waals surface area contributed by atoms with E-state index in [-0.39, 0.29) is 39.9 Å². The van der Waals surface area contributed by atoms with Gasteiger partial charge in [0.25, 0.3) is 5.91 Å². The fraction of sp³-hybridized carbons (Fsp3) is 0.414. The van der Waals surface area contributed by atoms with Crippen LogP contribution in [0.25, 0.3) is 0 Å². The summed E-state index contributed by atoms with van der Waals surface area (Å²) in [4.78, 5) is 62.0. The maximum atomic E-state index is 14.4. The average Bonchev–Trinajstić information content (AvgIpc) is 3.65. The van der Waals surface area contributed by atoms with Gasteiger partial charge < -0.3 is 5.32 Å². The molecule has 260 valence electrons. The summed E-state index contributed by atoms with van der Waals surface area (Å²) in [5, 5.41) is 2.56. The van der Waals surface area contributed by atoms with Crippen molar-refractivity contribution in [2.45, 2.75) is 67.7 Å². The Morgan fingerprint density at radius 2 is 1.19 bits per heavy atom. The van der Waals surface area contributed by atoms with Gasteiger partial charge in [0.1, 0.15) is 18.2 Å². The van der Waals surface area contributed by atoms with Crippen LogP contribution in [0.1, 0.15) is 36.8 Å². The molecule has 0 spiro atoms. The summed E-state index contributed by atoms with van der Waals surface area (Å²) in [5.74, 6) is -5.98. The fourth-order valence-electron chi connectivity index (χ4n) is 4.48. The van der Waals surface area contributed by atoms with Crippen LogP contribution in [0.4, 0.5) is 56.1 Å². The third kappa shape index (κ3) is 9.18. The molecule has 2 heterocycles. The second-order valence-corrected chi connectivity index (χ2v) is 12.9. The molecule has 2 aromatic carbocycles. The summed E-state index contributed by atoms with van der Waals surface area (Å²) in [6, 6.07) is 2.32. The molecule has 48 heavy (non-hydrogen) atoms. The van der Waals surface area contributed by atoms with Crippen molar-refractivity contribution < 1.29 is 59.1 Å². The lowest BCUT2D eigenvalue weighted by Crippen LogP contribution is -2.43. The molecule has 19 heteroatoms. The number of rotatable bonds is 7. The maximum absolute atomic E-state index is 14.4. The molecule has 1 N–H and O–H groups in total. The second-order valence-electron chi connectivity index (χ2n) is 10.9. The molecule has 2 saturated heterocycles. The Morgan fingerprint density at radius 3 is 1.60 bits per heavy atom. The van der Waals surface area contributed by atoms with Crippen LogP contribution in [-0.2, 0) is 14.4 Å². The van der Waals surface area contributed by atoms with Crippen molar-refractivity contribution in [1.82, 2.24) is 10.2 Å². The van der Waals surface area contributed by atoms with E-state index in [1.807, 2.05) is 0 Å². The smallest absolute Gasteiger partial charge is 0.335 e. The number of alkyl halides is 6. The molecule has 3 fully saturated rings. The minimum Gasteiger partial charge on any atom is -0.335 e. The predicted molar refractivity (Wildman–Crippen MR) is 159 cm³/mol. The van der Waals surface area contributed by atoms with E-state index in [1.54, 1.807) is 0 Å². The molecular formula is C29H26F8N4O5S2. The zero-order valence-electron chi connectivity index (χ0n) is 25.1. The normalized spacial score (nSPS) is 16.9. The molecule has 0 atom stereocenters. The standard InChI is InChI=1S/C16H15F4N3O3S.C13H11F4NO2S/c1-8-4-10(17)11(5-12(8)27-7-16(18,19)20)23-13(24)6-22(15(23)26)14(25)21-9-2-3-9;1-7-4-8(14)9(18-11(19)2-3-12(18)20)5-10(7)21-6-13(15,16)17/h4-5,9H,2-3,6-7H2,1H3,(H,21,25);4-5H,2-3,6H2,1H3. The first-order chi connectivity index (χ1) is 22.3. The number of hydrogen-bond acceptors (Lipinski definition) is 7. The van der Waals surface area contributed by atoms with Gasteiger partial charge in [0.2, 0.25) is 11.8 Å². The summed E-state index contributed by atoms with van der Waals surface area (Å²) >= 11 is 0.925. The van der Waals surface area contributed by atoms with Crippen LogP contribution < -0.4 is 15.1 Å². The first-order valence-corrected chi connectivity index (χ1v) is 16.0. The van der Waals surface area contributed by atoms with E-state index in [9.17, 15) is 59.1 Å². The number of thioether (sulfide) groups is 2. The summed E-state index contributed by atoms with van der Waals surface area (Å²) in [6.45, 7) is 2.34. The maximum Gasteiger partial charge on any atom is 0.398 e. The topological polar surface area (TPSA) is 107 Å². The summed E-state index contributed by atoms with van der Waals surface area (Å²) in [6.07, 6.45) is -7.27. The zero-order chi connectivity index (χ0) is 35.7. The Bertz CT molecular complexity index is 1630. The van der Waals surface area contributed by atoms with Crippen LogP contribution in [-0.4, -0.2) is 71.1 Å². The monoisotopic (exact) mass is 726 g/mol. The number of carbonyl (C=O) groups is 5. The molecule has 1 saturated carbocycles. The molecule has 0 aromatic heterocycles. The third-order valence-corrected chi connectivity index (χ3v) is 9.36. The van der Waals surface area contributed by atoms with Gasteiger partial charge in [-0.1, -0.05) is 0 Å². The van der Waals surface area contributed by atoms with Gasteiger partial charge in [0.05, 0.1) is 22.9 Å². The van der Waals surface area contributed by atoms with E-state index < -0.39 is 77.5 Å². The van der Waals surface area contributed by atoms with Crippen molar-refractivity contribution in [3.05, 3.63) is 47.0 Å². The number of aryl methyl sites for hydroxylation is 2. The number of anilines is 2. The summed E-state index contributed by atoms with van der Waals surface area (Å²) < 4.78 is 102. The second kappa shape index (κ2) is 14.3. The van der Waals surface area contributed by atoms with E-state index in [1.165, 1.54) is 13.8 Å². The van der Waals surface area contributed by atoms with Crippen molar-refractivity contribution in [3.63, 3.8) is 0 Å². The minimum atomic E-state index is -4.43. The van der Waals surface area contributed by atoms with Crippen molar-refractivity contribution in [3.8, 4) is 0 Å². The van der Waals surface area contributed by atoms with E-state index in [2.05, 4.69) is 5.32 Å². The lowest BCUT2D eigenvalue weighted by atomic mass is 10.2. The number of amides is 7. The quantitative estimate of drug-likeness (QED) is 0.144. The number of halogens is 8. The van der Waals surface area contributed by atoms with E-state index in [4.69, 9.17) is 0 Å². The predicted octanol–water partition coefficient (Wildman–Crippen LogP) is 6.87. The fourth-order valence-corrected chi connectivity index (χ4v) is 6.08. The molecule has 0 bridgehead atoms. The van der Waals surface area contributed by atoms with Gasteiger partial charge in [0, 0.05) is 28.7 Å². The number of hydrogen-bond donors (Lipinski definition) is 1. The first kappa shape index (κ1) is 37.0. The highest BCUT2D eigenvalue weighted by molar-refractivity contribution is 7.99. The average molecular weight is 727 g/mol. The highest BCUT2D eigenvalue weighted by atomic mass is 32.2. The van der Waals surface area contributed by atoms with E-state index in [0.717, 1.165) is 37.1 Å². The van der Waals surface area contributed by atoms with Crippen LogP contribution in [0.15, 0.2) is 34.1 Å². The van der Waals surface area contributed by atoms with Crippen molar-refractivity contribution in [2.24, 2.45) is 0 Å². The van der Waals surface area contributed by atoms with Gasteiger partial charge in [-0.2, -0.15) is 26.3 Å². The minimum absolute atomic E-state index is 0.0167. The van der Waals surface area contributed by atoms with Crippen LogP contribution in [0.3, 0.4) is 0 Å². The molecule has 0 radical (unpaired) electrons. The van der Waals surface area contributed by atoms with E-state index in [0.29, 0.717) is 43.8 Å². The zero-order valence-corrected chi connectivity index (χ0v) is 26.7. The molecule has 2 aromatic rings. The van der Waals surface area contributed by atoms with Gasteiger partial charge in [-0.05, 0) is 62.1 Å². The first-order valence-electron chi connectivity index (χ1n) is 14.1. The molecule has 5 rings (SSSR count). The number of imide groups is 3. The Balaban J connectivity index is 0.000000224. The molecule has 9 nitrogen and oxygen atoms in total. The van der Waals surface area contributed by atoms with Gasteiger partial charge in [-0.25, -0.2) is 33.1 Å². The van der Waals surface area contributed by atoms with Crippen LogP contribution >= 0.6 is 23.5 Å². The van der Waals surface area contributed by atoms with Gasteiger partial charge in [0.15, 0.2) is 0 Å². The highest BCUT2D eigenvalue weighted by Gasteiger charge is 2.43. The number of nitrogens with zero attached hydrogens (tertiary/aromatic N) is 3. The SMILES string of the molecule is Cc1cc(F)c(N2C(=O)CCC2=O)cc1SCC(F)(F)F.Cc1cc(F)c(N2C(=O)CN(C(=O)NC3CC3)C2=O)cc1SCC(F)(F)F. The molecular weight excluding hydrogens is 700 g/mol. The number of benzene rings is 2. The van der Waals surface area contributed by atoms with Gasteiger partial charge >= 0.3 is 24.4 Å². The lowest BCUT2D eigenvalue weighted by molar-refractivity contribution is -0.121. The largest absolute Gasteiger partial charge is 0.398 e. The van der Waals surface area contributed by atoms with Crippen molar-refractivity contribution >= 4 is 64.7 Å². The van der Waals surface area contributed by atoms with E-state index >= 15 is 0 Å². The molecule has 7 amide bonds. The number of urea groups is 2. The summed E-state index contributed by atoms with van der Waals surface area (Å²) in [5.41, 5.74) is -0.183. The molecule has 3 aliphatic rings.